The molecule has 0 saturated heterocycles. The van der Waals surface area contributed by atoms with Gasteiger partial charge >= 0.3 is 5.63 Å². The fourth-order valence-electron chi connectivity index (χ4n) is 2.12. The van der Waals surface area contributed by atoms with Crippen LogP contribution < -0.4 is 10.4 Å². The summed E-state index contributed by atoms with van der Waals surface area (Å²) in [6.07, 6.45) is 0.526. The average molecular weight is 346 g/mol. The molecule has 2 N–H and O–H groups in total. The summed E-state index contributed by atoms with van der Waals surface area (Å²) < 4.78 is 10.7. The minimum Gasteiger partial charge on any atom is -0.489 e. The van der Waals surface area contributed by atoms with Crippen LogP contribution in [0.3, 0.4) is 0 Å². The Morgan fingerprint density at radius 3 is 2.68 bits per heavy atom. The summed E-state index contributed by atoms with van der Waals surface area (Å²) in [5, 5.41) is 20.4. The van der Waals surface area contributed by atoms with Gasteiger partial charge in [0, 0.05) is 23.9 Å². The Balaban J connectivity index is 1.97. The smallest absolute Gasteiger partial charge is 0.336 e. The molecule has 2 rings (SSSR count). The topological polar surface area (TPSA) is 97.0 Å². The van der Waals surface area contributed by atoms with Crippen molar-refractivity contribution in [2.24, 2.45) is 0 Å². The first-order chi connectivity index (χ1) is 11.7. The first-order valence-electron chi connectivity index (χ1n) is 7.94. The van der Waals surface area contributed by atoms with Crippen molar-refractivity contribution < 1.29 is 24.2 Å². The van der Waals surface area contributed by atoms with Crippen molar-refractivity contribution in [3.63, 3.8) is 0 Å². The monoisotopic (exact) mass is 346 g/mol. The molecule has 134 valence electrons. The molecule has 0 aliphatic rings. The van der Waals surface area contributed by atoms with Crippen LogP contribution in [0.4, 0.5) is 0 Å². The molecule has 0 bridgehead atoms. The number of ketones is 1. The van der Waals surface area contributed by atoms with Crippen molar-refractivity contribution >= 4 is 16.8 Å². The van der Waals surface area contributed by atoms with Gasteiger partial charge in [0.25, 0.3) is 0 Å². The highest BCUT2D eigenvalue weighted by Gasteiger charge is 2.26. The van der Waals surface area contributed by atoms with E-state index < -0.39 is 23.1 Å². The van der Waals surface area contributed by atoms with Crippen LogP contribution in [0, 0.1) is 0 Å². The molecule has 1 unspecified atom stereocenters. The summed E-state index contributed by atoms with van der Waals surface area (Å²) in [4.78, 5) is 23.0. The Kier molecular flexibility index (Phi) is 5.77. The van der Waals surface area contributed by atoms with Gasteiger partial charge in [0.05, 0.1) is 6.10 Å². The molecule has 0 aliphatic heterocycles. The molecule has 1 atom stereocenters. The van der Waals surface area contributed by atoms with E-state index in [1.54, 1.807) is 37.3 Å². The predicted octanol–water partition coefficient (Wildman–Crippen LogP) is 2.21. The zero-order valence-corrected chi connectivity index (χ0v) is 14.5. The first kappa shape index (κ1) is 18.9. The minimum absolute atomic E-state index is 0.160. The van der Waals surface area contributed by atoms with E-state index in [0.717, 1.165) is 5.39 Å². The van der Waals surface area contributed by atoms with Crippen LogP contribution in [-0.4, -0.2) is 34.3 Å². The third kappa shape index (κ3) is 5.27. The van der Waals surface area contributed by atoms with Crippen LogP contribution in [0.15, 0.2) is 51.2 Å². The maximum atomic E-state index is 11.7. The van der Waals surface area contributed by atoms with E-state index in [-0.39, 0.29) is 13.0 Å². The van der Waals surface area contributed by atoms with Crippen molar-refractivity contribution in [2.75, 3.05) is 6.61 Å². The molecule has 2 aromatic rings. The SMILES string of the molecule is C/C(=C\COc1ccc2ccc(=O)oc2c1)C(O)CC(=O)C(C)(C)O. The zero-order valence-electron chi connectivity index (χ0n) is 14.5. The normalized spacial score (nSPS) is 13.7. The molecule has 0 amide bonds. The number of aliphatic hydroxyl groups is 2. The Morgan fingerprint density at radius 1 is 1.32 bits per heavy atom. The Morgan fingerprint density at radius 2 is 2.00 bits per heavy atom. The Hall–Kier alpha value is -2.44. The van der Waals surface area contributed by atoms with E-state index in [2.05, 4.69) is 0 Å². The highest BCUT2D eigenvalue weighted by molar-refractivity contribution is 5.86. The van der Waals surface area contributed by atoms with Gasteiger partial charge in [0.1, 0.15) is 23.5 Å². The second kappa shape index (κ2) is 7.63. The van der Waals surface area contributed by atoms with Gasteiger partial charge in [-0.25, -0.2) is 4.79 Å². The lowest BCUT2D eigenvalue weighted by atomic mass is 9.96. The van der Waals surface area contributed by atoms with E-state index in [0.29, 0.717) is 16.9 Å². The lowest BCUT2D eigenvalue weighted by molar-refractivity contribution is -0.135. The van der Waals surface area contributed by atoms with Gasteiger partial charge in [-0.05, 0) is 50.6 Å². The fraction of sp³-hybridized carbons (Fsp3) is 0.368. The van der Waals surface area contributed by atoms with Gasteiger partial charge in [-0.2, -0.15) is 0 Å². The molecular formula is C19H22O6. The van der Waals surface area contributed by atoms with Crippen molar-refractivity contribution in [3.05, 3.63) is 52.4 Å². The molecule has 0 spiro atoms. The van der Waals surface area contributed by atoms with Crippen molar-refractivity contribution in [1.29, 1.82) is 0 Å². The van der Waals surface area contributed by atoms with Crippen molar-refractivity contribution in [1.82, 2.24) is 0 Å². The van der Waals surface area contributed by atoms with Crippen molar-refractivity contribution in [3.8, 4) is 5.75 Å². The molecule has 0 saturated carbocycles. The van der Waals surface area contributed by atoms with E-state index in [1.165, 1.54) is 19.9 Å². The summed E-state index contributed by atoms with van der Waals surface area (Å²) >= 11 is 0. The quantitative estimate of drug-likeness (QED) is 0.589. The van der Waals surface area contributed by atoms with Crippen LogP contribution in [0.2, 0.25) is 0 Å². The van der Waals surface area contributed by atoms with Gasteiger partial charge in [0.15, 0.2) is 5.78 Å². The number of carbonyl (C=O) groups excluding carboxylic acids is 1. The van der Waals surface area contributed by atoms with Crippen LogP contribution in [-0.2, 0) is 4.79 Å². The molecule has 6 heteroatoms. The summed E-state index contributed by atoms with van der Waals surface area (Å²) in [7, 11) is 0. The number of ether oxygens (including phenoxy) is 1. The number of rotatable bonds is 7. The maximum absolute atomic E-state index is 11.7. The van der Waals surface area contributed by atoms with Gasteiger partial charge in [0.2, 0.25) is 0 Å². The van der Waals surface area contributed by atoms with E-state index in [9.17, 15) is 19.8 Å². The maximum Gasteiger partial charge on any atom is 0.336 e. The molecular weight excluding hydrogens is 324 g/mol. The first-order valence-corrected chi connectivity index (χ1v) is 7.94. The number of hydrogen-bond donors (Lipinski definition) is 2. The zero-order chi connectivity index (χ0) is 18.6. The molecule has 1 aromatic carbocycles. The lowest BCUT2D eigenvalue weighted by Gasteiger charge is -2.18. The average Bonchev–Trinajstić information content (AvgIpc) is 2.53. The van der Waals surface area contributed by atoms with Crippen LogP contribution in [0.1, 0.15) is 27.2 Å². The van der Waals surface area contributed by atoms with Crippen LogP contribution in [0.5, 0.6) is 5.75 Å². The summed E-state index contributed by atoms with van der Waals surface area (Å²) in [5.41, 5.74) is -0.890. The third-order valence-corrected chi connectivity index (χ3v) is 3.84. The standard InChI is InChI=1S/C19H22O6/c1-12(15(20)11-17(21)19(2,3)23)8-9-24-14-6-4-13-5-7-18(22)25-16(13)10-14/h4-8,10,15,20,23H,9,11H2,1-3H3/b12-8+. The van der Waals surface area contributed by atoms with Gasteiger partial charge < -0.3 is 19.4 Å². The number of Topliss-reactive ketones (excluding diaryl/α,β-unsaturated/α-hetero) is 1. The van der Waals surface area contributed by atoms with Gasteiger partial charge in [-0.3, -0.25) is 4.79 Å². The number of fused-ring (bicyclic) bond motifs is 1. The second-order valence-corrected chi connectivity index (χ2v) is 6.42. The molecule has 0 fully saturated rings. The van der Waals surface area contributed by atoms with Crippen molar-refractivity contribution in [2.45, 2.75) is 38.9 Å². The van der Waals surface area contributed by atoms with Gasteiger partial charge in [-0.1, -0.05) is 0 Å². The predicted molar refractivity (Wildman–Crippen MR) is 93.7 cm³/mol. The van der Waals surface area contributed by atoms with E-state index >= 15 is 0 Å². The summed E-state index contributed by atoms with van der Waals surface area (Å²) in [6.45, 7) is 4.65. The van der Waals surface area contributed by atoms with Crippen LogP contribution in [0.25, 0.3) is 11.0 Å². The molecule has 6 nitrogen and oxygen atoms in total. The lowest BCUT2D eigenvalue weighted by Crippen LogP contribution is -2.34. The molecule has 1 aromatic heterocycles. The molecule has 0 radical (unpaired) electrons. The Labute approximate surface area is 145 Å². The van der Waals surface area contributed by atoms with E-state index in [4.69, 9.17) is 9.15 Å². The number of carbonyl (C=O) groups is 1. The number of benzene rings is 1. The third-order valence-electron chi connectivity index (χ3n) is 3.84. The Bertz CT molecular complexity index is 841. The fourth-order valence-corrected chi connectivity index (χ4v) is 2.12. The molecule has 0 aliphatic carbocycles. The highest BCUT2D eigenvalue weighted by Crippen LogP contribution is 2.20. The van der Waals surface area contributed by atoms with Crippen LogP contribution >= 0.6 is 0 Å². The summed E-state index contributed by atoms with van der Waals surface area (Å²) in [6, 6.07) is 8.17. The largest absolute Gasteiger partial charge is 0.489 e. The highest BCUT2D eigenvalue weighted by atomic mass is 16.5. The second-order valence-electron chi connectivity index (χ2n) is 6.42. The van der Waals surface area contributed by atoms with E-state index in [1.807, 2.05) is 0 Å². The minimum atomic E-state index is -1.47. The molecule has 25 heavy (non-hydrogen) atoms. The van der Waals surface area contributed by atoms with Gasteiger partial charge in [-0.15, -0.1) is 0 Å². The summed E-state index contributed by atoms with van der Waals surface area (Å²) in [5.74, 6) is 0.0891. The number of aliphatic hydroxyl groups excluding tert-OH is 1. The number of hydrogen-bond acceptors (Lipinski definition) is 6. The molecule has 1 heterocycles.